The maximum Gasteiger partial charge on any atom is 0.309 e. The predicted molar refractivity (Wildman–Crippen MR) is 56.9 cm³/mol. The Morgan fingerprint density at radius 2 is 2.00 bits per heavy atom. The molecule has 0 unspecified atom stereocenters. The van der Waals surface area contributed by atoms with Crippen LogP contribution in [0.1, 0.15) is 47.0 Å². The average molecular weight is 196 g/mol. The Morgan fingerprint density at radius 1 is 1.36 bits per heavy atom. The van der Waals surface area contributed by atoms with E-state index in [0.717, 1.165) is 19.3 Å². The molecule has 0 N–H and O–H groups in total. The molecule has 0 aromatic rings. The molecule has 0 amide bonds. The molecule has 1 aliphatic carbocycles. The van der Waals surface area contributed by atoms with Crippen molar-refractivity contribution in [2.75, 3.05) is 0 Å². The Hall–Kier alpha value is -0.790. The maximum atomic E-state index is 11.6. The Labute approximate surface area is 86.3 Å². The Kier molecular flexibility index (Phi) is 3.73. The fraction of sp³-hybridized carbons (Fsp3) is 0.750. The molecule has 0 spiro atoms. The van der Waals surface area contributed by atoms with Gasteiger partial charge < -0.3 is 4.74 Å². The van der Waals surface area contributed by atoms with Crippen LogP contribution in [-0.4, -0.2) is 12.1 Å². The molecule has 0 saturated carbocycles. The monoisotopic (exact) mass is 196 g/mol. The number of ether oxygens (including phenoxy) is 1. The number of carbonyl (C=O) groups is 1. The van der Waals surface area contributed by atoms with Crippen LogP contribution in [0, 0.1) is 5.92 Å². The van der Waals surface area contributed by atoms with Crippen LogP contribution in [0.15, 0.2) is 11.1 Å². The number of allylic oxidation sites excluding steroid dienone is 2. The molecule has 0 aromatic carbocycles. The number of carbonyl (C=O) groups excluding carboxylic acids is 1. The standard InChI is InChI=1S/C12H20O2/c1-8(2)14-12(13)11-6-5-9(3)10(4)7-11/h8,11H,5-7H2,1-4H3/t11-/m0/s1. The number of hydrogen-bond donors (Lipinski definition) is 0. The molecule has 0 saturated heterocycles. The minimum Gasteiger partial charge on any atom is -0.463 e. The fourth-order valence-electron chi connectivity index (χ4n) is 1.78. The van der Waals surface area contributed by atoms with Crippen LogP contribution in [0.3, 0.4) is 0 Å². The Bertz CT molecular complexity index is 251. The molecule has 14 heavy (non-hydrogen) atoms. The van der Waals surface area contributed by atoms with Crippen molar-refractivity contribution in [1.29, 1.82) is 0 Å². The zero-order valence-electron chi connectivity index (χ0n) is 9.59. The minimum atomic E-state index is -0.0214. The van der Waals surface area contributed by atoms with Crippen molar-refractivity contribution < 1.29 is 9.53 Å². The predicted octanol–water partition coefficient (Wildman–Crippen LogP) is 3.07. The smallest absolute Gasteiger partial charge is 0.309 e. The second-order valence-electron chi connectivity index (χ2n) is 4.49. The lowest BCUT2D eigenvalue weighted by atomic mass is 9.85. The normalized spacial score (nSPS) is 22.8. The topological polar surface area (TPSA) is 26.3 Å². The summed E-state index contributed by atoms with van der Waals surface area (Å²) in [5.74, 6) is 0.0768. The molecule has 0 aliphatic heterocycles. The van der Waals surface area contributed by atoms with Crippen LogP contribution in [0.25, 0.3) is 0 Å². The van der Waals surface area contributed by atoms with E-state index in [-0.39, 0.29) is 18.0 Å². The van der Waals surface area contributed by atoms with Crippen LogP contribution in [0.5, 0.6) is 0 Å². The number of hydrogen-bond acceptors (Lipinski definition) is 2. The largest absolute Gasteiger partial charge is 0.463 e. The van der Waals surface area contributed by atoms with Gasteiger partial charge in [0, 0.05) is 0 Å². The summed E-state index contributed by atoms with van der Waals surface area (Å²) in [6.45, 7) is 8.06. The van der Waals surface area contributed by atoms with Crippen molar-refractivity contribution in [2.45, 2.75) is 53.1 Å². The fourth-order valence-corrected chi connectivity index (χ4v) is 1.78. The summed E-state index contributed by atoms with van der Waals surface area (Å²) in [4.78, 5) is 11.6. The van der Waals surface area contributed by atoms with Gasteiger partial charge in [0.25, 0.3) is 0 Å². The van der Waals surface area contributed by atoms with E-state index < -0.39 is 0 Å². The van der Waals surface area contributed by atoms with Crippen molar-refractivity contribution in [3.05, 3.63) is 11.1 Å². The molecule has 80 valence electrons. The molecular weight excluding hydrogens is 176 g/mol. The van der Waals surface area contributed by atoms with Gasteiger partial charge in [-0.1, -0.05) is 11.1 Å². The highest BCUT2D eigenvalue weighted by Crippen LogP contribution is 2.29. The van der Waals surface area contributed by atoms with Crippen molar-refractivity contribution >= 4 is 5.97 Å². The molecule has 1 rings (SSSR count). The minimum absolute atomic E-state index is 0.00908. The molecular formula is C12H20O2. The zero-order valence-corrected chi connectivity index (χ0v) is 9.59. The van der Waals surface area contributed by atoms with Crippen LogP contribution in [-0.2, 0) is 9.53 Å². The summed E-state index contributed by atoms with van der Waals surface area (Å²) in [6.07, 6.45) is 2.89. The van der Waals surface area contributed by atoms with E-state index in [2.05, 4.69) is 13.8 Å². The molecule has 1 atom stereocenters. The Balaban J connectivity index is 2.53. The third kappa shape index (κ3) is 2.86. The van der Waals surface area contributed by atoms with Gasteiger partial charge in [-0.05, 0) is 47.0 Å². The van der Waals surface area contributed by atoms with Crippen LogP contribution >= 0.6 is 0 Å². The van der Waals surface area contributed by atoms with E-state index in [9.17, 15) is 4.79 Å². The van der Waals surface area contributed by atoms with Crippen molar-refractivity contribution in [3.8, 4) is 0 Å². The van der Waals surface area contributed by atoms with E-state index in [0.29, 0.717) is 0 Å². The third-order valence-electron chi connectivity index (χ3n) is 2.83. The summed E-state index contributed by atoms with van der Waals surface area (Å²) in [5.41, 5.74) is 2.81. The van der Waals surface area contributed by atoms with Gasteiger partial charge in [-0.25, -0.2) is 0 Å². The van der Waals surface area contributed by atoms with Gasteiger partial charge in [0.2, 0.25) is 0 Å². The number of rotatable bonds is 2. The van der Waals surface area contributed by atoms with Gasteiger partial charge in [0.05, 0.1) is 12.0 Å². The highest BCUT2D eigenvalue weighted by Gasteiger charge is 2.24. The molecule has 0 heterocycles. The SMILES string of the molecule is CC1=C(C)C[C@@H](C(=O)OC(C)C)CC1. The van der Waals surface area contributed by atoms with Gasteiger partial charge in [-0.3, -0.25) is 4.79 Å². The first-order chi connectivity index (χ1) is 6.50. The second-order valence-corrected chi connectivity index (χ2v) is 4.49. The van der Waals surface area contributed by atoms with Crippen LogP contribution in [0.4, 0.5) is 0 Å². The molecule has 0 fully saturated rings. The summed E-state index contributed by atoms with van der Waals surface area (Å²) < 4.78 is 5.21. The Morgan fingerprint density at radius 3 is 2.50 bits per heavy atom. The lowest BCUT2D eigenvalue weighted by Crippen LogP contribution is -2.23. The van der Waals surface area contributed by atoms with E-state index in [1.807, 2.05) is 13.8 Å². The quantitative estimate of drug-likeness (QED) is 0.501. The first-order valence-corrected chi connectivity index (χ1v) is 5.36. The first kappa shape index (κ1) is 11.3. The lowest BCUT2D eigenvalue weighted by molar-refractivity contribution is -0.152. The van der Waals surface area contributed by atoms with Gasteiger partial charge in [0.1, 0.15) is 0 Å². The molecule has 0 bridgehead atoms. The summed E-state index contributed by atoms with van der Waals surface area (Å²) in [5, 5.41) is 0. The molecule has 2 nitrogen and oxygen atoms in total. The second kappa shape index (κ2) is 4.63. The number of esters is 1. The highest BCUT2D eigenvalue weighted by molar-refractivity contribution is 5.73. The van der Waals surface area contributed by atoms with Gasteiger partial charge in [-0.2, -0.15) is 0 Å². The van der Waals surface area contributed by atoms with E-state index >= 15 is 0 Å². The molecule has 0 radical (unpaired) electrons. The first-order valence-electron chi connectivity index (χ1n) is 5.36. The van der Waals surface area contributed by atoms with Gasteiger partial charge >= 0.3 is 5.97 Å². The van der Waals surface area contributed by atoms with Gasteiger partial charge in [-0.15, -0.1) is 0 Å². The van der Waals surface area contributed by atoms with Crippen molar-refractivity contribution in [3.63, 3.8) is 0 Å². The molecule has 2 heteroatoms. The average Bonchev–Trinajstić information content (AvgIpc) is 2.08. The van der Waals surface area contributed by atoms with Crippen molar-refractivity contribution in [1.82, 2.24) is 0 Å². The summed E-state index contributed by atoms with van der Waals surface area (Å²) in [7, 11) is 0. The molecule has 0 aromatic heterocycles. The van der Waals surface area contributed by atoms with Crippen LogP contribution in [0.2, 0.25) is 0 Å². The van der Waals surface area contributed by atoms with E-state index in [1.165, 1.54) is 11.1 Å². The molecule has 1 aliphatic rings. The zero-order chi connectivity index (χ0) is 10.7. The summed E-state index contributed by atoms with van der Waals surface area (Å²) in [6, 6.07) is 0. The van der Waals surface area contributed by atoms with Gasteiger partial charge in [0.15, 0.2) is 0 Å². The van der Waals surface area contributed by atoms with Crippen LogP contribution < -0.4 is 0 Å². The summed E-state index contributed by atoms with van der Waals surface area (Å²) >= 11 is 0. The van der Waals surface area contributed by atoms with E-state index in [1.54, 1.807) is 0 Å². The van der Waals surface area contributed by atoms with E-state index in [4.69, 9.17) is 4.74 Å². The van der Waals surface area contributed by atoms with Crippen molar-refractivity contribution in [2.24, 2.45) is 5.92 Å². The highest BCUT2D eigenvalue weighted by atomic mass is 16.5. The third-order valence-corrected chi connectivity index (χ3v) is 2.83. The maximum absolute atomic E-state index is 11.6. The lowest BCUT2D eigenvalue weighted by Gasteiger charge is -2.23.